The molecule has 3 N–H and O–H groups in total. The monoisotopic (exact) mass is 638 g/mol. The molecule has 11 nitrogen and oxygen atoms in total. The van der Waals surface area contributed by atoms with Crippen LogP contribution in [0.3, 0.4) is 0 Å². The van der Waals surface area contributed by atoms with Gasteiger partial charge >= 0.3 is 23.7 Å². The number of nitrogens with zero attached hydrogens (tertiary/aromatic N) is 2. The van der Waals surface area contributed by atoms with E-state index in [1.165, 1.54) is 7.11 Å². The molecular formula is C36H38N4O7. The number of cyclic esters (lactones) is 1. The molecule has 3 atom stereocenters. The second kappa shape index (κ2) is 11.6. The fraction of sp³-hybridized carbons (Fsp3) is 0.361. The third-order valence-electron chi connectivity index (χ3n) is 9.76. The van der Waals surface area contributed by atoms with Crippen LogP contribution in [0.2, 0.25) is 0 Å². The number of carbonyl (C=O) groups is 3. The Hall–Kier alpha value is -5.03. The summed E-state index contributed by atoms with van der Waals surface area (Å²) in [4.78, 5) is 56.2. The van der Waals surface area contributed by atoms with Gasteiger partial charge in [0, 0.05) is 51.6 Å². The molecule has 0 amide bonds. The van der Waals surface area contributed by atoms with Crippen LogP contribution in [0.4, 0.5) is 0 Å². The van der Waals surface area contributed by atoms with Gasteiger partial charge in [0.2, 0.25) is 0 Å². The molecule has 6 heterocycles. The van der Waals surface area contributed by atoms with Gasteiger partial charge in [0.25, 0.3) is 0 Å². The molecule has 0 saturated heterocycles. The molecule has 3 aliphatic rings. The van der Waals surface area contributed by atoms with Crippen LogP contribution in [0.25, 0.3) is 39.3 Å². The number of aromatic nitrogens is 4. The Bertz CT molecular complexity index is 2090. The first-order chi connectivity index (χ1) is 22.4. The maximum atomic E-state index is 13.5. The van der Waals surface area contributed by atoms with E-state index < -0.39 is 29.6 Å². The highest BCUT2D eigenvalue weighted by Gasteiger charge is 2.55. The van der Waals surface area contributed by atoms with Crippen molar-refractivity contribution < 1.29 is 33.7 Å². The molecule has 0 spiro atoms. The van der Waals surface area contributed by atoms with Crippen molar-refractivity contribution in [1.29, 1.82) is 0 Å². The van der Waals surface area contributed by atoms with Crippen LogP contribution in [-0.4, -0.2) is 57.2 Å². The molecule has 0 aromatic carbocycles. The number of aromatic amines is 2. The lowest BCUT2D eigenvalue weighted by Crippen LogP contribution is -2.46. The molecule has 3 aliphatic heterocycles. The molecule has 8 bridgehead atoms. The van der Waals surface area contributed by atoms with Crippen molar-refractivity contribution in [2.75, 3.05) is 14.2 Å². The van der Waals surface area contributed by atoms with Gasteiger partial charge in [0.15, 0.2) is 0 Å². The molecule has 0 unspecified atom stereocenters. The van der Waals surface area contributed by atoms with Gasteiger partial charge in [0.1, 0.15) is 0 Å². The predicted molar refractivity (Wildman–Crippen MR) is 177 cm³/mol. The highest BCUT2D eigenvalue weighted by Crippen LogP contribution is 2.49. The van der Waals surface area contributed by atoms with Crippen molar-refractivity contribution in [3.63, 3.8) is 0 Å². The summed E-state index contributed by atoms with van der Waals surface area (Å²) >= 11 is 0. The SMILES string of the molecule is C=Cc1c(C)c2cc3nc(c4c5nc(cc6[nH]c(cc1[nH]2)c(C)c6CC)C(C)=C5C(=O)O[C@]4(O)C(=O)OC)[C@@H](CCC(=O)OC)[C@@H]3C. The fourth-order valence-corrected chi connectivity index (χ4v) is 7.05. The van der Waals surface area contributed by atoms with Crippen LogP contribution in [0, 0.1) is 13.8 Å². The van der Waals surface area contributed by atoms with Crippen LogP contribution >= 0.6 is 0 Å². The number of H-pyrrole nitrogens is 2. The maximum absolute atomic E-state index is 13.5. The zero-order valence-corrected chi connectivity index (χ0v) is 27.6. The predicted octanol–water partition coefficient (Wildman–Crippen LogP) is 5.78. The van der Waals surface area contributed by atoms with Gasteiger partial charge in [-0.1, -0.05) is 26.5 Å². The second-order valence-corrected chi connectivity index (χ2v) is 12.2. The number of aryl methyl sites for hydroxylation is 3. The van der Waals surface area contributed by atoms with Gasteiger partial charge in [0.05, 0.1) is 42.4 Å². The average molecular weight is 639 g/mol. The number of methoxy groups -OCH3 is 2. The van der Waals surface area contributed by atoms with Crippen LogP contribution in [0.5, 0.6) is 0 Å². The standard InChI is InChI=1S/C36H38N4O7/c1-9-20-16(3)23-13-25-18(5)22(11-12-29(41)45-7)32(39-25)31-33-30(34(42)47-36(31,44)35(43)46-8)19(6)26(40-33)15-28-21(10-2)17(4)24(38-28)14-27(20)37-23/h9,13-15,18,22,37-38,44H,1,10-12H2,2-8H3/t18-,22-,36-/m0/s1. The van der Waals surface area contributed by atoms with E-state index in [1.807, 2.05) is 32.1 Å². The van der Waals surface area contributed by atoms with E-state index in [1.54, 1.807) is 6.92 Å². The summed E-state index contributed by atoms with van der Waals surface area (Å²) in [6.45, 7) is 13.9. The van der Waals surface area contributed by atoms with E-state index in [2.05, 4.69) is 36.5 Å². The first-order valence-corrected chi connectivity index (χ1v) is 15.6. The largest absolute Gasteiger partial charge is 0.469 e. The molecule has 0 saturated carbocycles. The van der Waals surface area contributed by atoms with E-state index >= 15 is 0 Å². The fourth-order valence-electron chi connectivity index (χ4n) is 7.05. The molecule has 244 valence electrons. The van der Waals surface area contributed by atoms with Crippen LogP contribution in [0.15, 0.2) is 24.8 Å². The third-order valence-corrected chi connectivity index (χ3v) is 9.76. The van der Waals surface area contributed by atoms with Crippen LogP contribution in [-0.2, 0) is 40.8 Å². The first kappa shape index (κ1) is 31.9. The lowest BCUT2D eigenvalue weighted by atomic mass is 9.82. The Morgan fingerprint density at radius 1 is 1.04 bits per heavy atom. The van der Waals surface area contributed by atoms with Gasteiger partial charge < -0.3 is 29.3 Å². The number of ether oxygens (including phenoxy) is 3. The number of allylic oxidation sites excluding steroid dienone is 1. The average Bonchev–Trinajstić information content (AvgIpc) is 3.72. The van der Waals surface area contributed by atoms with E-state index in [4.69, 9.17) is 24.2 Å². The topological polar surface area (TPSA) is 156 Å². The number of aliphatic hydroxyl groups is 1. The van der Waals surface area contributed by atoms with Gasteiger partial charge in [-0.05, 0) is 74.1 Å². The highest BCUT2D eigenvalue weighted by molar-refractivity contribution is 6.27. The zero-order valence-electron chi connectivity index (χ0n) is 27.6. The molecule has 11 heteroatoms. The van der Waals surface area contributed by atoms with Gasteiger partial charge in [-0.2, -0.15) is 0 Å². The Kier molecular flexibility index (Phi) is 7.91. The molecule has 3 aromatic rings. The van der Waals surface area contributed by atoms with Gasteiger partial charge in [-0.25, -0.2) is 14.6 Å². The Morgan fingerprint density at radius 2 is 1.74 bits per heavy atom. The number of rotatable bonds is 6. The van der Waals surface area contributed by atoms with E-state index in [-0.39, 0.29) is 41.3 Å². The van der Waals surface area contributed by atoms with Crippen molar-refractivity contribution in [3.05, 3.63) is 75.4 Å². The summed E-state index contributed by atoms with van der Waals surface area (Å²) in [7, 11) is 2.41. The number of hydrogen-bond donors (Lipinski definition) is 3. The quantitative estimate of drug-likeness (QED) is 0.225. The Labute approximate surface area is 271 Å². The Balaban J connectivity index is 1.84. The molecule has 47 heavy (non-hydrogen) atoms. The number of carbonyl (C=O) groups excluding carboxylic acids is 3. The maximum Gasteiger partial charge on any atom is 0.384 e. The molecule has 6 rings (SSSR count). The van der Waals surface area contributed by atoms with Gasteiger partial charge in [-0.15, -0.1) is 0 Å². The van der Waals surface area contributed by atoms with Crippen molar-refractivity contribution in [2.45, 2.75) is 71.5 Å². The van der Waals surface area contributed by atoms with Crippen molar-refractivity contribution >= 4 is 57.2 Å². The summed E-state index contributed by atoms with van der Waals surface area (Å²) in [5.41, 5.74) is 9.44. The van der Waals surface area contributed by atoms with E-state index in [0.29, 0.717) is 17.0 Å². The number of fused-ring (bicyclic) bond motifs is 8. The third kappa shape index (κ3) is 4.88. The van der Waals surface area contributed by atoms with Crippen molar-refractivity contribution in [3.8, 4) is 0 Å². The summed E-state index contributed by atoms with van der Waals surface area (Å²) in [5, 5.41) is 12.0. The van der Waals surface area contributed by atoms with Crippen molar-refractivity contribution in [2.24, 2.45) is 0 Å². The summed E-state index contributed by atoms with van der Waals surface area (Å²) < 4.78 is 15.5. The lowest BCUT2D eigenvalue weighted by molar-refractivity contribution is -0.228. The minimum atomic E-state index is -2.84. The second-order valence-electron chi connectivity index (χ2n) is 12.2. The molecule has 3 aromatic heterocycles. The first-order valence-electron chi connectivity index (χ1n) is 15.6. The number of esters is 3. The molecule has 0 radical (unpaired) electrons. The van der Waals surface area contributed by atoms with E-state index in [9.17, 15) is 19.5 Å². The summed E-state index contributed by atoms with van der Waals surface area (Å²) in [6.07, 6.45) is 2.87. The summed E-state index contributed by atoms with van der Waals surface area (Å²) in [6, 6.07) is 5.85. The molecule has 0 aliphatic carbocycles. The van der Waals surface area contributed by atoms with Crippen LogP contribution in [0.1, 0.15) is 96.0 Å². The minimum Gasteiger partial charge on any atom is -0.469 e. The summed E-state index contributed by atoms with van der Waals surface area (Å²) in [5.74, 6) is -6.13. The number of hydrogen-bond acceptors (Lipinski definition) is 9. The smallest absolute Gasteiger partial charge is 0.384 e. The van der Waals surface area contributed by atoms with Crippen molar-refractivity contribution in [1.82, 2.24) is 19.9 Å². The van der Waals surface area contributed by atoms with Gasteiger partial charge in [-0.3, -0.25) is 9.78 Å². The Morgan fingerprint density at radius 3 is 2.40 bits per heavy atom. The minimum absolute atomic E-state index is 0.0518. The van der Waals surface area contributed by atoms with E-state index in [0.717, 1.165) is 57.9 Å². The lowest BCUT2D eigenvalue weighted by Gasteiger charge is -2.32. The number of nitrogens with one attached hydrogen (secondary N) is 2. The molecule has 0 fully saturated rings. The van der Waals surface area contributed by atoms with Crippen LogP contribution < -0.4 is 0 Å². The zero-order chi connectivity index (χ0) is 33.9. The highest BCUT2D eigenvalue weighted by atomic mass is 16.7. The molecular weight excluding hydrogens is 600 g/mol. The normalized spacial score (nSPS) is 20.2.